The van der Waals surface area contributed by atoms with Gasteiger partial charge in [-0.3, -0.25) is 15.0 Å². The molecule has 0 aliphatic carbocycles. The summed E-state index contributed by atoms with van der Waals surface area (Å²) < 4.78 is 20.1. The van der Waals surface area contributed by atoms with E-state index in [4.69, 9.17) is 10.1 Å². The van der Waals surface area contributed by atoms with Gasteiger partial charge in [-0.25, -0.2) is 4.39 Å². The van der Waals surface area contributed by atoms with Crippen molar-refractivity contribution in [1.29, 1.82) is 10.7 Å². The predicted molar refractivity (Wildman–Crippen MR) is 107 cm³/mol. The highest BCUT2D eigenvalue weighted by molar-refractivity contribution is 14.1. The van der Waals surface area contributed by atoms with Crippen molar-refractivity contribution in [2.24, 2.45) is 0 Å². The van der Waals surface area contributed by atoms with Crippen LogP contribution in [0.2, 0.25) is 0 Å². The summed E-state index contributed by atoms with van der Waals surface area (Å²) in [6.07, 6.45) is 1.45. The normalized spacial score (nSPS) is 10.1. The van der Waals surface area contributed by atoms with Crippen molar-refractivity contribution in [2.75, 3.05) is 0 Å². The fraction of sp³-hybridized carbons (Fsp3) is 0.200. The van der Waals surface area contributed by atoms with Crippen molar-refractivity contribution < 1.29 is 18.7 Å². The number of ketones is 2. The van der Waals surface area contributed by atoms with Gasteiger partial charge in [0.05, 0.1) is 11.6 Å². The summed E-state index contributed by atoms with van der Waals surface area (Å²) in [5.74, 6) is -1.89. The zero-order valence-corrected chi connectivity index (χ0v) is 16.7. The van der Waals surface area contributed by atoms with Crippen LogP contribution in [0.5, 0.6) is 11.5 Å². The van der Waals surface area contributed by atoms with Crippen LogP contribution in [0.25, 0.3) is 0 Å². The third-order valence-electron chi connectivity index (χ3n) is 3.74. The monoisotopic (exact) mass is 478 g/mol. The molecule has 7 heteroatoms. The second kappa shape index (κ2) is 9.37. The van der Waals surface area contributed by atoms with Gasteiger partial charge in [0.1, 0.15) is 11.5 Å². The van der Waals surface area contributed by atoms with Gasteiger partial charge < -0.3 is 4.74 Å². The number of ether oxygens (including phenoxy) is 1. The minimum atomic E-state index is -0.846. The number of Topliss-reactive ketones (excluding diaryl/α,β-unsaturated/α-hetero) is 2. The Balaban J connectivity index is 2.32. The molecule has 0 aliphatic heterocycles. The molecule has 0 heterocycles. The van der Waals surface area contributed by atoms with E-state index in [-0.39, 0.29) is 29.0 Å². The van der Waals surface area contributed by atoms with Crippen molar-refractivity contribution in [3.8, 4) is 17.6 Å². The molecule has 0 saturated heterocycles. The van der Waals surface area contributed by atoms with Crippen LogP contribution in [0.4, 0.5) is 4.39 Å². The Kier molecular flexibility index (Phi) is 7.19. The highest BCUT2D eigenvalue weighted by atomic mass is 127. The third-order valence-corrected chi connectivity index (χ3v) is 4.41. The van der Waals surface area contributed by atoms with Crippen LogP contribution in [0.3, 0.4) is 0 Å². The molecule has 0 amide bonds. The maximum atomic E-state index is 14.0. The molecule has 0 radical (unpaired) electrons. The number of carbonyl (C=O) groups excluding carboxylic acids is 2. The number of nitrogens with zero attached hydrogens (tertiary/aromatic N) is 1. The number of hydrogen-bond donors (Lipinski definition) is 1. The molecular weight excluding hydrogens is 462 g/mol. The average molecular weight is 478 g/mol. The number of benzene rings is 2. The predicted octanol–water partition coefficient (Wildman–Crippen LogP) is 5.06. The van der Waals surface area contributed by atoms with Crippen molar-refractivity contribution >= 4 is 39.9 Å². The molecule has 138 valence electrons. The van der Waals surface area contributed by atoms with Crippen molar-refractivity contribution in [3.05, 3.63) is 56.9 Å². The van der Waals surface area contributed by atoms with E-state index in [1.54, 1.807) is 6.07 Å². The summed E-state index contributed by atoms with van der Waals surface area (Å²) in [6, 6.07) is 10.3. The van der Waals surface area contributed by atoms with Gasteiger partial charge in [-0.05, 0) is 65.4 Å². The Morgan fingerprint density at radius 2 is 2.00 bits per heavy atom. The van der Waals surface area contributed by atoms with E-state index in [0.717, 1.165) is 6.42 Å². The second-order valence-corrected chi connectivity index (χ2v) is 6.97. The summed E-state index contributed by atoms with van der Waals surface area (Å²) >= 11 is 1.97. The molecule has 2 rings (SSSR count). The number of unbranched alkanes of at least 4 members (excludes halogenated alkanes) is 1. The van der Waals surface area contributed by atoms with Gasteiger partial charge in [0, 0.05) is 15.6 Å². The summed E-state index contributed by atoms with van der Waals surface area (Å²) in [6.45, 7) is 1.90. The molecule has 27 heavy (non-hydrogen) atoms. The Morgan fingerprint density at radius 3 is 2.63 bits per heavy atom. The standard InChI is InChI=1S/C20H16FIN2O3/c1-2-3-4-17(25)19(24)20(26)15-10-14(7-5-12(15)11-23)27-18-8-6-13(22)9-16(18)21/h5-10,24H,2-4H2,1H3. The lowest BCUT2D eigenvalue weighted by molar-refractivity contribution is -0.113. The van der Waals surface area contributed by atoms with E-state index in [9.17, 15) is 19.2 Å². The molecular formula is C20H16FIN2O3. The van der Waals surface area contributed by atoms with Crippen LogP contribution in [-0.4, -0.2) is 17.3 Å². The molecule has 0 atom stereocenters. The van der Waals surface area contributed by atoms with Crippen LogP contribution in [-0.2, 0) is 4.79 Å². The Bertz CT molecular complexity index is 951. The molecule has 0 aromatic heterocycles. The maximum Gasteiger partial charge on any atom is 0.215 e. The summed E-state index contributed by atoms with van der Waals surface area (Å²) in [4.78, 5) is 24.5. The van der Waals surface area contributed by atoms with Gasteiger partial charge in [0.15, 0.2) is 17.3 Å². The largest absolute Gasteiger partial charge is 0.454 e. The van der Waals surface area contributed by atoms with Gasteiger partial charge in [-0.15, -0.1) is 0 Å². The van der Waals surface area contributed by atoms with E-state index in [2.05, 4.69) is 0 Å². The summed E-state index contributed by atoms with van der Waals surface area (Å²) in [7, 11) is 0. The number of hydrogen-bond acceptors (Lipinski definition) is 5. The van der Waals surface area contributed by atoms with Crippen LogP contribution >= 0.6 is 22.6 Å². The first-order valence-corrected chi connectivity index (χ1v) is 9.28. The SMILES string of the molecule is CCCCC(=O)C(=N)C(=O)c1cc(Oc2ccc(I)cc2F)ccc1C#N. The lowest BCUT2D eigenvalue weighted by Gasteiger charge is -2.10. The average Bonchev–Trinajstić information content (AvgIpc) is 2.67. The van der Waals surface area contributed by atoms with E-state index in [0.29, 0.717) is 9.99 Å². The van der Waals surface area contributed by atoms with Gasteiger partial charge in [-0.2, -0.15) is 5.26 Å². The van der Waals surface area contributed by atoms with E-state index < -0.39 is 23.1 Å². The minimum Gasteiger partial charge on any atom is -0.454 e. The molecule has 2 aromatic carbocycles. The molecule has 0 fully saturated rings. The highest BCUT2D eigenvalue weighted by Crippen LogP contribution is 2.27. The molecule has 0 saturated carbocycles. The first kappa shape index (κ1) is 20.7. The molecule has 0 bridgehead atoms. The summed E-state index contributed by atoms with van der Waals surface area (Å²) in [5, 5.41) is 17.1. The zero-order chi connectivity index (χ0) is 20.0. The quantitative estimate of drug-likeness (QED) is 0.249. The molecule has 0 spiro atoms. The summed E-state index contributed by atoms with van der Waals surface area (Å²) in [5.41, 5.74) is -0.767. The lowest BCUT2D eigenvalue weighted by Crippen LogP contribution is -2.24. The number of halogens is 2. The maximum absolute atomic E-state index is 14.0. The van der Waals surface area contributed by atoms with Gasteiger partial charge in [0.25, 0.3) is 0 Å². The molecule has 2 aromatic rings. The van der Waals surface area contributed by atoms with E-state index >= 15 is 0 Å². The van der Waals surface area contributed by atoms with E-state index in [1.165, 1.54) is 30.3 Å². The van der Waals surface area contributed by atoms with Crippen LogP contribution in [0, 0.1) is 26.1 Å². The van der Waals surface area contributed by atoms with Crippen molar-refractivity contribution in [3.63, 3.8) is 0 Å². The molecule has 5 nitrogen and oxygen atoms in total. The van der Waals surface area contributed by atoms with Crippen molar-refractivity contribution in [1.82, 2.24) is 0 Å². The molecule has 0 unspecified atom stereocenters. The molecule has 0 aliphatic rings. The zero-order valence-electron chi connectivity index (χ0n) is 14.5. The van der Waals surface area contributed by atoms with Crippen LogP contribution in [0.15, 0.2) is 36.4 Å². The fourth-order valence-corrected chi connectivity index (χ4v) is 2.73. The smallest absolute Gasteiger partial charge is 0.215 e. The fourth-order valence-electron chi connectivity index (χ4n) is 2.28. The molecule has 1 N–H and O–H groups in total. The number of rotatable bonds is 8. The highest BCUT2D eigenvalue weighted by Gasteiger charge is 2.23. The minimum absolute atomic E-state index is 0.0171. The topological polar surface area (TPSA) is 91.0 Å². The lowest BCUT2D eigenvalue weighted by atomic mass is 9.97. The number of carbonyl (C=O) groups is 2. The Labute approximate surface area is 169 Å². The van der Waals surface area contributed by atoms with Crippen molar-refractivity contribution in [2.45, 2.75) is 26.2 Å². The van der Waals surface area contributed by atoms with Crippen LogP contribution < -0.4 is 4.74 Å². The first-order chi connectivity index (χ1) is 12.9. The number of nitriles is 1. The van der Waals surface area contributed by atoms with E-state index in [1.807, 2.05) is 35.6 Å². The Morgan fingerprint density at radius 1 is 1.26 bits per heavy atom. The van der Waals surface area contributed by atoms with Gasteiger partial charge in [0.2, 0.25) is 5.78 Å². The van der Waals surface area contributed by atoms with Crippen LogP contribution in [0.1, 0.15) is 42.1 Å². The second-order valence-electron chi connectivity index (χ2n) is 5.73. The third kappa shape index (κ3) is 5.20. The van der Waals surface area contributed by atoms with Gasteiger partial charge >= 0.3 is 0 Å². The van der Waals surface area contributed by atoms with Gasteiger partial charge in [-0.1, -0.05) is 13.3 Å². The Hall–Kier alpha value is -2.60. The first-order valence-electron chi connectivity index (χ1n) is 8.20. The number of nitrogens with one attached hydrogen (secondary N) is 1.